The van der Waals surface area contributed by atoms with E-state index in [1.807, 2.05) is 19.1 Å². The van der Waals surface area contributed by atoms with Crippen molar-refractivity contribution in [1.29, 1.82) is 0 Å². The summed E-state index contributed by atoms with van der Waals surface area (Å²) in [6, 6.07) is 6.51. The molecule has 0 bridgehead atoms. The molecule has 1 heterocycles. The number of nitrogens with one attached hydrogen (secondary N) is 1. The molecule has 20 heavy (non-hydrogen) atoms. The average molecular weight is 351 g/mol. The third-order valence-corrected chi connectivity index (χ3v) is 5.68. The van der Waals surface area contributed by atoms with Gasteiger partial charge in [-0.05, 0) is 31.2 Å². The van der Waals surface area contributed by atoms with Crippen LogP contribution in [-0.4, -0.2) is 8.42 Å². The molecule has 4 nitrogen and oxygen atoms in total. The smallest absolute Gasteiger partial charge is 0.244 e. The molecular weight excluding hydrogens is 339 g/mol. The van der Waals surface area contributed by atoms with Crippen molar-refractivity contribution >= 4 is 50.2 Å². The van der Waals surface area contributed by atoms with Gasteiger partial charge in [0.15, 0.2) is 0 Å². The highest BCUT2D eigenvalue weighted by Gasteiger charge is 2.21. The lowest BCUT2D eigenvalue weighted by Crippen LogP contribution is -2.24. The Bertz CT molecular complexity index is 719. The molecule has 2 aromatic rings. The van der Waals surface area contributed by atoms with Crippen LogP contribution in [0.5, 0.6) is 0 Å². The first kappa shape index (κ1) is 15.6. The predicted octanol–water partition coefficient (Wildman–Crippen LogP) is 3.42. The molecule has 0 atom stereocenters. The van der Waals surface area contributed by atoms with E-state index in [1.165, 1.54) is 23.5 Å². The molecule has 0 aliphatic heterocycles. The van der Waals surface area contributed by atoms with Crippen molar-refractivity contribution < 1.29 is 8.42 Å². The minimum atomic E-state index is -3.79. The Kier molecular flexibility index (Phi) is 4.61. The van der Waals surface area contributed by atoms with E-state index in [1.54, 1.807) is 0 Å². The number of nitrogens with two attached hydrogens (primary N) is 1. The Labute approximate surface area is 131 Å². The molecule has 0 aliphatic rings. The molecule has 0 radical (unpaired) electrons. The molecule has 3 N–H and O–H groups in total. The van der Waals surface area contributed by atoms with Crippen LogP contribution in [0.3, 0.4) is 0 Å². The lowest BCUT2D eigenvalue weighted by atomic mass is 10.3. The largest absolute Gasteiger partial charge is 0.398 e. The lowest BCUT2D eigenvalue weighted by Gasteiger charge is -2.10. The first-order chi connectivity index (χ1) is 9.29. The molecule has 108 valence electrons. The summed E-state index contributed by atoms with van der Waals surface area (Å²) in [7, 11) is -3.79. The van der Waals surface area contributed by atoms with Gasteiger partial charge in [0.05, 0.1) is 10.7 Å². The van der Waals surface area contributed by atoms with Crippen molar-refractivity contribution in [1.82, 2.24) is 4.72 Å². The fourth-order valence-electron chi connectivity index (χ4n) is 1.68. The summed E-state index contributed by atoms with van der Waals surface area (Å²) in [6.07, 6.45) is 0. The van der Waals surface area contributed by atoms with Crippen LogP contribution >= 0.6 is 34.5 Å². The summed E-state index contributed by atoms with van der Waals surface area (Å²) >= 11 is 13.2. The highest BCUT2D eigenvalue weighted by atomic mass is 35.5. The minimum absolute atomic E-state index is 0.00450. The number of halogens is 2. The summed E-state index contributed by atoms with van der Waals surface area (Å²) < 4.78 is 27.0. The Hall–Kier alpha value is -0.790. The zero-order valence-electron chi connectivity index (χ0n) is 10.5. The summed E-state index contributed by atoms with van der Waals surface area (Å²) in [5, 5.41) is 0.296. The lowest BCUT2D eigenvalue weighted by molar-refractivity contribution is 0.582. The van der Waals surface area contributed by atoms with E-state index in [4.69, 9.17) is 28.9 Å². The van der Waals surface area contributed by atoms with Crippen molar-refractivity contribution in [3.8, 4) is 0 Å². The van der Waals surface area contributed by atoms with Gasteiger partial charge in [-0.25, -0.2) is 13.1 Å². The van der Waals surface area contributed by atoms with Gasteiger partial charge in [0.25, 0.3) is 0 Å². The van der Waals surface area contributed by atoms with E-state index in [2.05, 4.69) is 4.72 Å². The number of anilines is 1. The Morgan fingerprint density at radius 3 is 2.55 bits per heavy atom. The second-order valence-electron chi connectivity index (χ2n) is 4.14. The van der Waals surface area contributed by atoms with E-state index in [-0.39, 0.29) is 22.2 Å². The highest BCUT2D eigenvalue weighted by molar-refractivity contribution is 7.89. The van der Waals surface area contributed by atoms with Gasteiger partial charge in [-0.15, -0.1) is 11.3 Å². The number of rotatable bonds is 4. The van der Waals surface area contributed by atoms with Gasteiger partial charge in [0, 0.05) is 21.3 Å². The van der Waals surface area contributed by atoms with Crippen LogP contribution in [-0.2, 0) is 16.6 Å². The number of hydrogen-bond acceptors (Lipinski definition) is 4. The molecule has 0 saturated heterocycles. The molecule has 0 spiro atoms. The fourth-order valence-corrected chi connectivity index (χ4v) is 4.59. The summed E-state index contributed by atoms with van der Waals surface area (Å²) in [6.45, 7) is 2.15. The third kappa shape index (κ3) is 3.45. The zero-order valence-corrected chi connectivity index (χ0v) is 13.6. The number of thiophene rings is 1. The number of benzene rings is 1. The second-order valence-corrected chi connectivity index (χ2v) is 8.06. The van der Waals surface area contributed by atoms with Crippen molar-refractivity contribution in [3.05, 3.63) is 44.1 Å². The Morgan fingerprint density at radius 1 is 1.30 bits per heavy atom. The van der Waals surface area contributed by atoms with E-state index in [0.29, 0.717) is 5.02 Å². The molecule has 0 fully saturated rings. The topological polar surface area (TPSA) is 72.2 Å². The summed E-state index contributed by atoms with van der Waals surface area (Å²) in [5.41, 5.74) is 5.72. The average Bonchev–Trinajstić information content (AvgIpc) is 2.71. The van der Waals surface area contributed by atoms with Crippen molar-refractivity contribution in [2.75, 3.05) is 5.73 Å². The van der Waals surface area contributed by atoms with E-state index < -0.39 is 10.0 Å². The number of hydrogen-bond donors (Lipinski definition) is 2. The van der Waals surface area contributed by atoms with Gasteiger partial charge in [-0.2, -0.15) is 0 Å². The van der Waals surface area contributed by atoms with Crippen LogP contribution in [0, 0.1) is 6.92 Å². The van der Waals surface area contributed by atoms with Crippen LogP contribution in [0.15, 0.2) is 29.2 Å². The molecule has 0 saturated carbocycles. The van der Waals surface area contributed by atoms with Crippen molar-refractivity contribution in [3.63, 3.8) is 0 Å². The number of aryl methyl sites for hydroxylation is 1. The van der Waals surface area contributed by atoms with Gasteiger partial charge in [0.2, 0.25) is 10.0 Å². The summed E-state index contributed by atoms with van der Waals surface area (Å²) in [5.74, 6) is 0. The summed E-state index contributed by atoms with van der Waals surface area (Å²) in [4.78, 5) is 1.88. The molecule has 0 unspecified atom stereocenters. The molecule has 0 aliphatic carbocycles. The Balaban J connectivity index is 2.27. The van der Waals surface area contributed by atoms with Gasteiger partial charge in [0.1, 0.15) is 4.90 Å². The standard InChI is InChI=1S/C12H12Cl2N2O2S2/c1-7-2-3-9(19-7)6-16-20(17,18)12-10(14)4-8(13)5-11(12)15/h2-5,16H,6,15H2,1H3. The van der Waals surface area contributed by atoms with Crippen LogP contribution in [0.25, 0.3) is 0 Å². The molecule has 1 aromatic carbocycles. The van der Waals surface area contributed by atoms with Gasteiger partial charge < -0.3 is 5.73 Å². The maximum Gasteiger partial charge on any atom is 0.244 e. The van der Waals surface area contributed by atoms with Crippen molar-refractivity contribution in [2.45, 2.75) is 18.4 Å². The van der Waals surface area contributed by atoms with E-state index >= 15 is 0 Å². The first-order valence-electron chi connectivity index (χ1n) is 5.59. The molecular formula is C12H12Cl2N2O2S2. The first-order valence-corrected chi connectivity index (χ1v) is 8.64. The molecule has 1 aromatic heterocycles. The number of nitrogen functional groups attached to an aromatic ring is 1. The van der Waals surface area contributed by atoms with Crippen molar-refractivity contribution in [2.24, 2.45) is 0 Å². The van der Waals surface area contributed by atoms with Crippen LogP contribution in [0.2, 0.25) is 10.0 Å². The molecule has 2 rings (SSSR count). The second kappa shape index (κ2) is 5.91. The SMILES string of the molecule is Cc1ccc(CNS(=O)(=O)c2c(N)cc(Cl)cc2Cl)s1. The maximum atomic E-state index is 12.3. The van der Waals surface area contributed by atoms with Gasteiger partial charge in [-0.3, -0.25) is 0 Å². The van der Waals surface area contributed by atoms with Crippen LogP contribution in [0.1, 0.15) is 9.75 Å². The normalized spacial score (nSPS) is 11.8. The predicted molar refractivity (Wildman–Crippen MR) is 84.0 cm³/mol. The van der Waals surface area contributed by atoms with E-state index in [9.17, 15) is 8.42 Å². The van der Waals surface area contributed by atoms with Crippen LogP contribution < -0.4 is 10.5 Å². The monoisotopic (exact) mass is 350 g/mol. The third-order valence-electron chi connectivity index (χ3n) is 2.54. The quantitative estimate of drug-likeness (QED) is 0.829. The maximum absolute atomic E-state index is 12.3. The van der Waals surface area contributed by atoms with Gasteiger partial charge in [-0.1, -0.05) is 23.2 Å². The number of sulfonamides is 1. The van der Waals surface area contributed by atoms with E-state index in [0.717, 1.165) is 9.75 Å². The zero-order chi connectivity index (χ0) is 14.9. The fraction of sp³-hybridized carbons (Fsp3) is 0.167. The Morgan fingerprint density at radius 2 is 2.00 bits per heavy atom. The van der Waals surface area contributed by atoms with Crippen LogP contribution in [0.4, 0.5) is 5.69 Å². The highest BCUT2D eigenvalue weighted by Crippen LogP contribution is 2.31. The minimum Gasteiger partial charge on any atom is -0.398 e. The molecule has 0 amide bonds. The van der Waals surface area contributed by atoms with Gasteiger partial charge >= 0.3 is 0 Å². The molecule has 8 heteroatoms.